The fraction of sp³-hybridized carbons (Fsp3) is 0.304. The molecule has 2 atom stereocenters. The summed E-state index contributed by atoms with van der Waals surface area (Å²) in [6, 6.07) is 16.2. The lowest BCUT2D eigenvalue weighted by Gasteiger charge is -2.36. The summed E-state index contributed by atoms with van der Waals surface area (Å²) >= 11 is 6.31. The Hall–Kier alpha value is -2.59. The Bertz CT molecular complexity index is 1020. The van der Waals surface area contributed by atoms with E-state index in [2.05, 4.69) is 28.1 Å². The molecule has 0 bridgehead atoms. The molecule has 2 aliphatic rings. The largest absolute Gasteiger partial charge is 0.366 e. The van der Waals surface area contributed by atoms with Crippen LogP contribution < -0.4 is 4.90 Å². The van der Waals surface area contributed by atoms with Crippen LogP contribution in [0.15, 0.2) is 60.9 Å². The molecule has 0 unspecified atom stereocenters. The van der Waals surface area contributed by atoms with Gasteiger partial charge in [-0.25, -0.2) is 0 Å². The van der Waals surface area contributed by atoms with E-state index in [1.807, 2.05) is 47.6 Å². The first-order chi connectivity index (χ1) is 13.7. The predicted molar refractivity (Wildman–Crippen MR) is 113 cm³/mol. The fourth-order valence-corrected chi connectivity index (χ4v) is 4.62. The number of hydrogen-bond acceptors (Lipinski definition) is 3. The molecule has 0 N–H and O–H groups in total. The monoisotopic (exact) mass is 391 g/mol. The van der Waals surface area contributed by atoms with E-state index in [4.69, 9.17) is 11.6 Å². The van der Waals surface area contributed by atoms with Crippen molar-refractivity contribution in [1.29, 1.82) is 0 Å². The van der Waals surface area contributed by atoms with E-state index < -0.39 is 0 Å². The topological polar surface area (TPSA) is 36.4 Å². The number of pyridine rings is 1. The average molecular weight is 392 g/mol. The van der Waals surface area contributed by atoms with E-state index in [1.165, 1.54) is 5.39 Å². The van der Waals surface area contributed by atoms with Gasteiger partial charge in [-0.3, -0.25) is 9.78 Å². The Kier molecular flexibility index (Phi) is 4.44. The first-order valence-electron chi connectivity index (χ1n) is 9.83. The minimum absolute atomic E-state index is 0.0886. The second-order valence-corrected chi connectivity index (χ2v) is 8.07. The number of benzene rings is 2. The van der Waals surface area contributed by atoms with Gasteiger partial charge in [-0.15, -0.1) is 0 Å². The fourth-order valence-electron chi connectivity index (χ4n) is 4.34. The van der Waals surface area contributed by atoms with Gasteiger partial charge in [0.15, 0.2) is 0 Å². The second kappa shape index (κ2) is 7.10. The van der Waals surface area contributed by atoms with Crippen molar-refractivity contribution in [3.05, 3.63) is 71.5 Å². The van der Waals surface area contributed by atoms with E-state index in [0.717, 1.165) is 54.3 Å². The molecule has 0 radical (unpaired) electrons. The molecular formula is C23H22ClN3O. The van der Waals surface area contributed by atoms with Gasteiger partial charge < -0.3 is 9.80 Å². The Morgan fingerprint density at radius 2 is 1.71 bits per heavy atom. The zero-order valence-electron chi connectivity index (χ0n) is 15.6. The highest BCUT2D eigenvalue weighted by molar-refractivity contribution is 6.31. The molecule has 0 spiro atoms. The Morgan fingerprint density at radius 3 is 2.54 bits per heavy atom. The molecule has 1 aromatic heterocycles. The van der Waals surface area contributed by atoms with E-state index in [9.17, 15) is 4.79 Å². The Balaban J connectivity index is 1.25. The smallest absolute Gasteiger partial charge is 0.226 e. The third-order valence-electron chi connectivity index (χ3n) is 5.99. The molecule has 142 valence electrons. The molecule has 1 aliphatic heterocycles. The molecule has 1 amide bonds. The number of piperazine rings is 1. The van der Waals surface area contributed by atoms with Crippen LogP contribution in [0.5, 0.6) is 0 Å². The number of rotatable bonds is 3. The van der Waals surface area contributed by atoms with Gasteiger partial charge in [0.1, 0.15) is 0 Å². The number of nitrogens with zero attached hydrogens (tertiary/aromatic N) is 3. The van der Waals surface area contributed by atoms with E-state index >= 15 is 0 Å². The summed E-state index contributed by atoms with van der Waals surface area (Å²) in [5, 5.41) is 3.15. The minimum atomic E-state index is 0.0886. The molecule has 1 aliphatic carbocycles. The SMILES string of the molecule is O=C([C@@H]1C[C@@H]1c1ccccc1Cl)N1CCN(c2cncc3ccccc23)CC1. The Morgan fingerprint density at radius 1 is 0.964 bits per heavy atom. The number of carbonyl (C=O) groups is 1. The van der Waals surface area contributed by atoms with E-state index in [-0.39, 0.29) is 17.7 Å². The lowest BCUT2D eigenvalue weighted by Crippen LogP contribution is -2.49. The predicted octanol–water partition coefficient (Wildman–Crippen LogP) is 4.34. The lowest BCUT2D eigenvalue weighted by molar-refractivity contribution is -0.132. The van der Waals surface area contributed by atoms with Gasteiger partial charge in [0.05, 0.1) is 11.9 Å². The molecule has 1 saturated heterocycles. The first-order valence-corrected chi connectivity index (χ1v) is 10.2. The van der Waals surface area contributed by atoms with Gasteiger partial charge in [0, 0.05) is 54.1 Å². The number of anilines is 1. The van der Waals surface area contributed by atoms with Crippen LogP contribution in [0.2, 0.25) is 5.02 Å². The summed E-state index contributed by atoms with van der Waals surface area (Å²) in [5.41, 5.74) is 2.27. The zero-order valence-corrected chi connectivity index (χ0v) is 16.3. The van der Waals surface area contributed by atoms with E-state index in [0.29, 0.717) is 0 Å². The zero-order chi connectivity index (χ0) is 19.1. The molecule has 2 aromatic carbocycles. The number of aromatic nitrogens is 1. The van der Waals surface area contributed by atoms with Crippen LogP contribution in [0.25, 0.3) is 10.8 Å². The molecule has 5 rings (SSSR count). The Labute approximate surface area is 169 Å². The number of halogens is 1. The summed E-state index contributed by atoms with van der Waals surface area (Å²) in [6.45, 7) is 3.19. The van der Waals surface area contributed by atoms with Gasteiger partial charge in [-0.1, -0.05) is 54.1 Å². The van der Waals surface area contributed by atoms with Crippen LogP contribution in [0.4, 0.5) is 5.69 Å². The third-order valence-corrected chi connectivity index (χ3v) is 6.34. The highest BCUT2D eigenvalue weighted by atomic mass is 35.5. The van der Waals surface area contributed by atoms with Crippen LogP contribution in [-0.4, -0.2) is 42.0 Å². The molecule has 3 aromatic rings. The molecule has 28 heavy (non-hydrogen) atoms. The third kappa shape index (κ3) is 3.12. The number of amides is 1. The molecule has 2 fully saturated rings. The van der Waals surface area contributed by atoms with Gasteiger partial charge in [0.25, 0.3) is 0 Å². The maximum Gasteiger partial charge on any atom is 0.226 e. The van der Waals surface area contributed by atoms with Crippen LogP contribution in [0.3, 0.4) is 0 Å². The maximum atomic E-state index is 13.0. The van der Waals surface area contributed by atoms with Crippen LogP contribution in [0.1, 0.15) is 17.9 Å². The maximum absolute atomic E-state index is 13.0. The van der Waals surface area contributed by atoms with Gasteiger partial charge >= 0.3 is 0 Å². The molecule has 2 heterocycles. The van der Waals surface area contributed by atoms with Crippen LogP contribution in [-0.2, 0) is 4.79 Å². The van der Waals surface area contributed by atoms with Crippen molar-refractivity contribution in [2.45, 2.75) is 12.3 Å². The van der Waals surface area contributed by atoms with Crippen molar-refractivity contribution in [2.75, 3.05) is 31.1 Å². The van der Waals surface area contributed by atoms with Gasteiger partial charge in [0.2, 0.25) is 5.91 Å². The highest BCUT2D eigenvalue weighted by Gasteiger charge is 2.46. The van der Waals surface area contributed by atoms with Gasteiger partial charge in [-0.2, -0.15) is 0 Å². The highest BCUT2D eigenvalue weighted by Crippen LogP contribution is 2.50. The normalized spacial score (nSPS) is 21.8. The minimum Gasteiger partial charge on any atom is -0.366 e. The van der Waals surface area contributed by atoms with Gasteiger partial charge in [-0.05, 0) is 24.0 Å². The lowest BCUT2D eigenvalue weighted by atomic mass is 10.1. The van der Waals surface area contributed by atoms with Crippen LogP contribution in [0, 0.1) is 5.92 Å². The molecule has 4 nitrogen and oxygen atoms in total. The standard InChI is InChI=1S/C23H22ClN3O/c24-21-8-4-3-7-18(21)19-13-20(19)23(28)27-11-9-26(10-12-27)22-15-25-14-16-5-1-2-6-17(16)22/h1-8,14-15,19-20H,9-13H2/t19-,20-/m1/s1. The quantitative estimate of drug-likeness (QED) is 0.666. The van der Waals surface area contributed by atoms with Crippen molar-refractivity contribution in [1.82, 2.24) is 9.88 Å². The number of carbonyl (C=O) groups excluding carboxylic acids is 1. The van der Waals surface area contributed by atoms with Crippen molar-refractivity contribution < 1.29 is 4.79 Å². The summed E-state index contributed by atoms with van der Waals surface area (Å²) in [4.78, 5) is 21.7. The van der Waals surface area contributed by atoms with Crippen molar-refractivity contribution in [3.8, 4) is 0 Å². The van der Waals surface area contributed by atoms with Crippen molar-refractivity contribution >= 4 is 34.0 Å². The summed E-state index contributed by atoms with van der Waals surface area (Å²) < 4.78 is 0. The summed E-state index contributed by atoms with van der Waals surface area (Å²) in [6.07, 6.45) is 4.75. The summed E-state index contributed by atoms with van der Waals surface area (Å²) in [5.74, 6) is 0.646. The van der Waals surface area contributed by atoms with Crippen LogP contribution >= 0.6 is 11.6 Å². The average Bonchev–Trinajstić information content (AvgIpc) is 3.54. The second-order valence-electron chi connectivity index (χ2n) is 7.66. The van der Waals surface area contributed by atoms with Crippen molar-refractivity contribution in [3.63, 3.8) is 0 Å². The van der Waals surface area contributed by atoms with Crippen molar-refractivity contribution in [2.24, 2.45) is 5.92 Å². The summed E-state index contributed by atoms with van der Waals surface area (Å²) in [7, 11) is 0. The van der Waals surface area contributed by atoms with E-state index in [1.54, 1.807) is 0 Å². The molecule has 1 saturated carbocycles. The number of hydrogen-bond donors (Lipinski definition) is 0. The molecule has 5 heteroatoms. The molecular weight excluding hydrogens is 370 g/mol. The first kappa shape index (κ1) is 17.5. The number of fused-ring (bicyclic) bond motifs is 1.